The highest BCUT2D eigenvalue weighted by Crippen LogP contribution is 2.28. The highest BCUT2D eigenvalue weighted by atomic mass is 32.1. The Kier molecular flexibility index (Phi) is 6.73. The van der Waals surface area contributed by atoms with Crippen LogP contribution in [0.15, 0.2) is 77.8 Å². The van der Waals surface area contributed by atoms with Crippen LogP contribution >= 0.6 is 11.7 Å². The van der Waals surface area contributed by atoms with Gasteiger partial charge in [-0.15, -0.1) is 0 Å². The molecule has 3 aromatic carbocycles. The Morgan fingerprint density at radius 2 is 1.86 bits per heavy atom. The van der Waals surface area contributed by atoms with Crippen LogP contribution in [0, 0.1) is 18.4 Å². The molecule has 1 atom stereocenters. The molecule has 36 heavy (non-hydrogen) atoms. The second kappa shape index (κ2) is 10.4. The first-order chi connectivity index (χ1) is 17.6. The molecule has 0 radical (unpaired) electrons. The molecule has 0 spiro atoms. The van der Waals surface area contributed by atoms with Crippen molar-refractivity contribution < 1.29 is 4.79 Å². The number of aromatic nitrogens is 2. The van der Waals surface area contributed by atoms with Gasteiger partial charge in [0.15, 0.2) is 6.19 Å². The van der Waals surface area contributed by atoms with Gasteiger partial charge in [-0.2, -0.15) is 14.0 Å². The summed E-state index contributed by atoms with van der Waals surface area (Å²) in [6.45, 7) is 3.41. The van der Waals surface area contributed by atoms with E-state index in [0.717, 1.165) is 34.1 Å². The number of nitrogens with zero attached hydrogens (tertiary/aromatic N) is 6. The van der Waals surface area contributed by atoms with E-state index in [9.17, 15) is 10.1 Å². The van der Waals surface area contributed by atoms with E-state index < -0.39 is 0 Å². The molecular weight excluding hydrogens is 472 g/mol. The normalized spacial score (nSPS) is 16.0. The van der Waals surface area contributed by atoms with Crippen LogP contribution in [0.1, 0.15) is 17.2 Å². The first-order valence-corrected chi connectivity index (χ1v) is 12.3. The molecule has 1 saturated heterocycles. The highest BCUT2D eigenvalue weighted by Gasteiger charge is 2.33. The summed E-state index contributed by atoms with van der Waals surface area (Å²) in [7, 11) is 0. The van der Waals surface area contributed by atoms with E-state index in [1.54, 1.807) is 0 Å². The quantitative estimate of drug-likeness (QED) is 0.185. The molecule has 4 aromatic rings. The summed E-state index contributed by atoms with van der Waals surface area (Å²) in [6, 6.07) is 22.8. The van der Waals surface area contributed by atoms with Crippen molar-refractivity contribution in [1.29, 1.82) is 5.26 Å². The molecule has 2 heterocycles. The number of fused-ring (bicyclic) bond motifs is 1. The number of anilines is 1. The molecule has 9 nitrogen and oxygen atoms in total. The maximum atomic E-state index is 13.5. The maximum Gasteiger partial charge on any atom is 0.322 e. The molecular formula is C26H24N8OS. The number of benzene rings is 3. The van der Waals surface area contributed by atoms with Crippen molar-refractivity contribution in [2.24, 2.45) is 4.99 Å². The van der Waals surface area contributed by atoms with Crippen LogP contribution in [0.4, 0.5) is 16.2 Å². The fraction of sp³-hybridized carbons (Fsp3) is 0.192. The van der Waals surface area contributed by atoms with E-state index in [4.69, 9.17) is 4.99 Å². The van der Waals surface area contributed by atoms with Gasteiger partial charge in [0.25, 0.3) is 0 Å². The molecule has 180 valence electrons. The van der Waals surface area contributed by atoms with Crippen molar-refractivity contribution in [3.05, 3.63) is 83.9 Å². The number of piperazine rings is 1. The number of urea groups is 1. The molecule has 0 aliphatic carbocycles. The molecule has 1 aliphatic heterocycles. The number of amides is 2. The third-order valence-corrected chi connectivity index (χ3v) is 6.70. The van der Waals surface area contributed by atoms with Crippen LogP contribution < -0.4 is 10.6 Å². The Balaban J connectivity index is 1.43. The second-order valence-electron chi connectivity index (χ2n) is 8.39. The summed E-state index contributed by atoms with van der Waals surface area (Å²) in [5.41, 5.74) is 4.86. The van der Waals surface area contributed by atoms with E-state index in [1.165, 1.54) is 0 Å². The number of nitriles is 1. The Morgan fingerprint density at radius 1 is 1.06 bits per heavy atom. The van der Waals surface area contributed by atoms with Gasteiger partial charge < -0.3 is 15.1 Å². The van der Waals surface area contributed by atoms with Gasteiger partial charge in [-0.1, -0.05) is 54.6 Å². The lowest BCUT2D eigenvalue weighted by molar-refractivity contribution is 0.135. The predicted octanol–water partition coefficient (Wildman–Crippen LogP) is 4.65. The number of rotatable bonds is 3. The standard InChI is InChI=1S/C26H24N8OS/c1-18-8-5-6-11-20(18)29-25(28-17-27)33-14-15-34(23(16-33)19-9-3-2-4-10-19)26(35)30-21-12-7-13-22-24(21)32-36-31-22/h2-13,23H,14-16H2,1H3,(H,28,29)(H,30,35). The summed E-state index contributed by atoms with van der Waals surface area (Å²) < 4.78 is 8.59. The fourth-order valence-corrected chi connectivity index (χ4v) is 4.85. The molecule has 1 aromatic heterocycles. The minimum absolute atomic E-state index is 0.213. The summed E-state index contributed by atoms with van der Waals surface area (Å²) >= 11 is 1.12. The van der Waals surface area contributed by atoms with Gasteiger partial charge >= 0.3 is 6.03 Å². The van der Waals surface area contributed by atoms with Crippen molar-refractivity contribution in [3.63, 3.8) is 0 Å². The van der Waals surface area contributed by atoms with Crippen molar-refractivity contribution in [3.8, 4) is 6.19 Å². The highest BCUT2D eigenvalue weighted by molar-refractivity contribution is 7.00. The lowest BCUT2D eigenvalue weighted by atomic mass is 10.0. The zero-order chi connectivity index (χ0) is 24.9. The Hall–Kier alpha value is -4.49. The monoisotopic (exact) mass is 496 g/mol. The minimum atomic E-state index is -0.254. The topological polar surface area (TPSA) is 110 Å². The average Bonchev–Trinajstić information content (AvgIpc) is 3.40. The van der Waals surface area contributed by atoms with Gasteiger partial charge in [-0.3, -0.25) is 5.32 Å². The molecule has 1 unspecified atom stereocenters. The molecule has 1 aliphatic rings. The van der Waals surface area contributed by atoms with Crippen LogP contribution in [0.5, 0.6) is 0 Å². The molecule has 5 rings (SSSR count). The van der Waals surface area contributed by atoms with Gasteiger partial charge in [-0.05, 0) is 36.2 Å². The van der Waals surface area contributed by atoms with Crippen LogP contribution in [-0.2, 0) is 0 Å². The van der Waals surface area contributed by atoms with E-state index in [2.05, 4.69) is 19.4 Å². The fourth-order valence-electron chi connectivity index (χ4n) is 4.30. The number of hydrogen-bond donors (Lipinski definition) is 2. The first-order valence-electron chi connectivity index (χ1n) is 11.5. The molecule has 2 N–H and O–H groups in total. The van der Waals surface area contributed by atoms with E-state index in [1.807, 2.05) is 95.7 Å². The van der Waals surface area contributed by atoms with Crippen LogP contribution in [0.2, 0.25) is 0 Å². The summed E-state index contributed by atoms with van der Waals surface area (Å²) in [5.74, 6) is 0.464. The van der Waals surface area contributed by atoms with Gasteiger partial charge in [0.1, 0.15) is 11.0 Å². The lowest BCUT2D eigenvalue weighted by Gasteiger charge is -2.42. The number of aryl methyl sites for hydroxylation is 1. The van der Waals surface area contributed by atoms with Crippen molar-refractivity contribution in [2.75, 3.05) is 25.0 Å². The number of nitrogens with one attached hydrogen (secondary N) is 2. The number of aliphatic imine (C=N–C) groups is 1. The summed E-state index contributed by atoms with van der Waals surface area (Å²) in [4.78, 5) is 22.1. The van der Waals surface area contributed by atoms with Crippen LogP contribution in [0.25, 0.3) is 11.0 Å². The van der Waals surface area contributed by atoms with Crippen molar-refractivity contribution >= 4 is 46.1 Å². The third kappa shape index (κ3) is 4.82. The maximum absolute atomic E-state index is 13.5. The third-order valence-electron chi connectivity index (χ3n) is 6.16. The smallest absolute Gasteiger partial charge is 0.322 e. The number of carbonyl (C=O) groups is 1. The second-order valence-corrected chi connectivity index (χ2v) is 8.92. The molecule has 10 heteroatoms. The van der Waals surface area contributed by atoms with Crippen molar-refractivity contribution in [2.45, 2.75) is 13.0 Å². The Morgan fingerprint density at radius 3 is 2.67 bits per heavy atom. The SMILES string of the molecule is Cc1ccccc1N=C(NC#N)N1CCN(C(=O)Nc2cccc3nsnc23)C(c2ccccc2)C1. The molecule has 2 amide bonds. The number of para-hydroxylation sites is 1. The lowest BCUT2D eigenvalue weighted by Crippen LogP contribution is -2.55. The zero-order valence-electron chi connectivity index (χ0n) is 19.6. The van der Waals surface area contributed by atoms with Gasteiger partial charge in [0.05, 0.1) is 29.1 Å². The van der Waals surface area contributed by atoms with Gasteiger partial charge in [-0.25, -0.2) is 9.79 Å². The van der Waals surface area contributed by atoms with E-state index >= 15 is 0 Å². The predicted molar refractivity (Wildman–Crippen MR) is 141 cm³/mol. The summed E-state index contributed by atoms with van der Waals surface area (Å²) in [5, 5.41) is 15.2. The first kappa shape index (κ1) is 23.3. The molecule has 1 fully saturated rings. The number of hydrogen-bond acceptors (Lipinski definition) is 6. The molecule has 0 bridgehead atoms. The summed E-state index contributed by atoms with van der Waals surface area (Å²) in [6.07, 6.45) is 2.01. The Bertz CT molecular complexity index is 1450. The zero-order valence-corrected chi connectivity index (χ0v) is 20.4. The van der Waals surface area contributed by atoms with Gasteiger partial charge in [0.2, 0.25) is 5.96 Å². The van der Waals surface area contributed by atoms with E-state index in [0.29, 0.717) is 36.8 Å². The van der Waals surface area contributed by atoms with Gasteiger partial charge in [0, 0.05) is 19.6 Å². The largest absolute Gasteiger partial charge is 0.338 e. The molecule has 0 saturated carbocycles. The van der Waals surface area contributed by atoms with E-state index in [-0.39, 0.29) is 12.1 Å². The number of guanidine groups is 1. The van der Waals surface area contributed by atoms with Crippen LogP contribution in [-0.4, -0.2) is 50.2 Å². The number of carbonyl (C=O) groups excluding carboxylic acids is 1. The van der Waals surface area contributed by atoms with Crippen LogP contribution in [0.3, 0.4) is 0 Å². The van der Waals surface area contributed by atoms with Crippen molar-refractivity contribution in [1.82, 2.24) is 23.9 Å². The Labute approximate surface area is 213 Å². The minimum Gasteiger partial charge on any atom is -0.338 e. The average molecular weight is 497 g/mol.